The lowest BCUT2D eigenvalue weighted by atomic mass is 10.2. The van der Waals surface area contributed by atoms with Gasteiger partial charge in [-0.25, -0.2) is 9.59 Å². The molecule has 0 saturated heterocycles. The lowest BCUT2D eigenvalue weighted by Crippen LogP contribution is -2.43. The number of thiophene rings is 1. The van der Waals surface area contributed by atoms with Crippen LogP contribution < -0.4 is 10.6 Å². The van der Waals surface area contributed by atoms with Crippen LogP contribution in [-0.4, -0.2) is 31.1 Å². The second-order valence-electron chi connectivity index (χ2n) is 4.36. The number of amides is 3. The first-order chi connectivity index (χ1) is 10.4. The van der Waals surface area contributed by atoms with E-state index in [9.17, 15) is 14.4 Å². The van der Waals surface area contributed by atoms with Gasteiger partial charge in [0.25, 0.3) is 5.91 Å². The van der Waals surface area contributed by atoms with Crippen molar-refractivity contribution < 1.29 is 19.1 Å². The van der Waals surface area contributed by atoms with Gasteiger partial charge in [0.05, 0.1) is 5.02 Å². The molecule has 6 nitrogen and oxygen atoms in total. The van der Waals surface area contributed by atoms with Crippen LogP contribution >= 0.6 is 22.9 Å². The molecule has 1 atom stereocenters. The largest absolute Gasteiger partial charge is 0.448 e. The molecule has 1 aromatic carbocycles. The minimum Gasteiger partial charge on any atom is -0.448 e. The summed E-state index contributed by atoms with van der Waals surface area (Å²) in [5.41, 5.74) is 0. The number of esters is 1. The number of benzene rings is 1. The van der Waals surface area contributed by atoms with Crippen molar-refractivity contribution in [3.05, 3.63) is 34.2 Å². The molecule has 0 fully saturated rings. The highest BCUT2D eigenvalue weighted by Gasteiger charge is 2.24. The van der Waals surface area contributed by atoms with E-state index in [-0.39, 0.29) is 4.88 Å². The predicted molar refractivity (Wildman–Crippen MR) is 84.3 cm³/mol. The van der Waals surface area contributed by atoms with Gasteiger partial charge >= 0.3 is 12.0 Å². The van der Waals surface area contributed by atoms with Gasteiger partial charge < -0.3 is 10.1 Å². The molecule has 22 heavy (non-hydrogen) atoms. The Hall–Kier alpha value is -2.12. The summed E-state index contributed by atoms with van der Waals surface area (Å²) in [4.78, 5) is 35.1. The molecule has 116 valence electrons. The van der Waals surface area contributed by atoms with Gasteiger partial charge in [-0.3, -0.25) is 10.1 Å². The Morgan fingerprint density at radius 1 is 1.27 bits per heavy atom. The topological polar surface area (TPSA) is 84.5 Å². The van der Waals surface area contributed by atoms with Crippen LogP contribution in [-0.2, 0) is 9.53 Å². The van der Waals surface area contributed by atoms with Crippen LogP contribution in [0.4, 0.5) is 4.79 Å². The van der Waals surface area contributed by atoms with Crippen molar-refractivity contribution in [1.82, 2.24) is 10.6 Å². The van der Waals surface area contributed by atoms with Crippen molar-refractivity contribution >= 4 is 50.9 Å². The van der Waals surface area contributed by atoms with Crippen LogP contribution in [0.5, 0.6) is 0 Å². The first-order valence-electron chi connectivity index (χ1n) is 6.34. The summed E-state index contributed by atoms with van der Waals surface area (Å²) in [5, 5.41) is 5.31. The fraction of sp³-hybridized carbons (Fsp3) is 0.214. The maximum Gasteiger partial charge on any atom is 0.350 e. The third-order valence-corrected chi connectivity index (χ3v) is 4.49. The van der Waals surface area contributed by atoms with Crippen LogP contribution in [0.1, 0.15) is 16.6 Å². The third kappa shape index (κ3) is 3.37. The van der Waals surface area contributed by atoms with Crippen LogP contribution in [0.3, 0.4) is 0 Å². The summed E-state index contributed by atoms with van der Waals surface area (Å²) in [7, 11) is 1.37. The van der Waals surface area contributed by atoms with Crippen molar-refractivity contribution in [1.29, 1.82) is 0 Å². The van der Waals surface area contributed by atoms with E-state index in [1.807, 2.05) is 23.5 Å². The zero-order chi connectivity index (χ0) is 16.3. The molecule has 0 aliphatic rings. The number of imide groups is 1. The van der Waals surface area contributed by atoms with Crippen LogP contribution in [0.15, 0.2) is 24.3 Å². The second kappa shape index (κ2) is 6.76. The van der Waals surface area contributed by atoms with E-state index in [1.165, 1.54) is 25.3 Å². The number of hydrogen-bond acceptors (Lipinski definition) is 5. The van der Waals surface area contributed by atoms with E-state index < -0.39 is 24.0 Å². The Morgan fingerprint density at radius 2 is 1.95 bits per heavy atom. The number of urea groups is 1. The van der Waals surface area contributed by atoms with Gasteiger partial charge in [0.1, 0.15) is 4.88 Å². The molecule has 0 bridgehead atoms. The van der Waals surface area contributed by atoms with E-state index >= 15 is 0 Å². The number of halogens is 1. The molecule has 2 rings (SSSR count). The number of carbonyl (C=O) groups excluding carboxylic acids is 3. The molecule has 1 heterocycles. The molecule has 2 N–H and O–H groups in total. The molecule has 0 saturated carbocycles. The summed E-state index contributed by atoms with van der Waals surface area (Å²) in [5.74, 6) is -1.42. The maximum atomic E-state index is 12.1. The number of ether oxygens (including phenoxy) is 1. The Kier molecular flexibility index (Phi) is 4.99. The van der Waals surface area contributed by atoms with E-state index in [1.54, 1.807) is 6.07 Å². The van der Waals surface area contributed by atoms with E-state index in [4.69, 9.17) is 16.3 Å². The zero-order valence-electron chi connectivity index (χ0n) is 11.8. The van der Waals surface area contributed by atoms with E-state index in [2.05, 4.69) is 5.32 Å². The van der Waals surface area contributed by atoms with Gasteiger partial charge in [0.15, 0.2) is 6.10 Å². The number of rotatable bonds is 3. The van der Waals surface area contributed by atoms with Crippen LogP contribution in [0.25, 0.3) is 10.1 Å². The summed E-state index contributed by atoms with van der Waals surface area (Å²) in [6.45, 7) is 1.37. The highest BCUT2D eigenvalue weighted by molar-refractivity contribution is 7.21. The Morgan fingerprint density at radius 3 is 2.59 bits per heavy atom. The van der Waals surface area contributed by atoms with Gasteiger partial charge in [-0.05, 0) is 13.0 Å². The second-order valence-corrected chi connectivity index (χ2v) is 5.79. The fourth-order valence-corrected chi connectivity index (χ4v) is 3.08. The number of nitrogens with one attached hydrogen (secondary N) is 2. The van der Waals surface area contributed by atoms with Crippen molar-refractivity contribution in [3.8, 4) is 0 Å². The third-order valence-electron chi connectivity index (χ3n) is 2.84. The number of fused-ring (bicyclic) bond motifs is 1. The predicted octanol–water partition coefficient (Wildman–Crippen LogP) is 2.56. The molecule has 0 radical (unpaired) electrons. The summed E-state index contributed by atoms with van der Waals surface area (Å²) in [6, 6.07) is 6.61. The molecule has 1 aromatic heterocycles. The molecule has 0 unspecified atom stereocenters. The van der Waals surface area contributed by atoms with Gasteiger partial charge in [-0.1, -0.05) is 29.8 Å². The van der Waals surface area contributed by atoms with Crippen LogP contribution in [0.2, 0.25) is 5.02 Å². The van der Waals surface area contributed by atoms with Gasteiger partial charge in [-0.15, -0.1) is 11.3 Å². The maximum absolute atomic E-state index is 12.1. The normalized spacial score (nSPS) is 11.8. The molecule has 0 aliphatic heterocycles. The van der Waals surface area contributed by atoms with Crippen LogP contribution in [0, 0.1) is 0 Å². The first kappa shape index (κ1) is 16.3. The zero-order valence-corrected chi connectivity index (χ0v) is 13.4. The Balaban J connectivity index is 2.12. The van der Waals surface area contributed by atoms with E-state index in [0.717, 1.165) is 10.1 Å². The molecule has 3 amide bonds. The van der Waals surface area contributed by atoms with Crippen molar-refractivity contribution in [3.63, 3.8) is 0 Å². The monoisotopic (exact) mass is 340 g/mol. The molecule has 0 spiro atoms. The molecule has 0 aliphatic carbocycles. The average Bonchev–Trinajstić information content (AvgIpc) is 2.84. The number of hydrogen-bond donors (Lipinski definition) is 2. The summed E-state index contributed by atoms with van der Waals surface area (Å²) in [6.07, 6.45) is -1.12. The Bertz CT molecular complexity index is 744. The minimum absolute atomic E-state index is 0.224. The summed E-state index contributed by atoms with van der Waals surface area (Å²) >= 11 is 7.35. The molecule has 2 aromatic rings. The van der Waals surface area contributed by atoms with Gasteiger partial charge in [0.2, 0.25) is 0 Å². The lowest BCUT2D eigenvalue weighted by molar-refractivity contribution is -0.127. The minimum atomic E-state index is -1.12. The Labute approximate surface area is 135 Å². The quantitative estimate of drug-likeness (QED) is 0.841. The summed E-state index contributed by atoms with van der Waals surface area (Å²) < 4.78 is 5.90. The highest BCUT2D eigenvalue weighted by atomic mass is 35.5. The highest BCUT2D eigenvalue weighted by Crippen LogP contribution is 2.35. The smallest absolute Gasteiger partial charge is 0.350 e. The van der Waals surface area contributed by atoms with Crippen molar-refractivity contribution in [2.45, 2.75) is 13.0 Å². The molecular formula is C14H13ClN2O4S. The lowest BCUT2D eigenvalue weighted by Gasteiger charge is -2.12. The average molecular weight is 341 g/mol. The SMILES string of the molecule is CNC(=O)NC(=O)[C@H](C)OC(=O)c1sc2ccccc2c1Cl. The van der Waals surface area contributed by atoms with Gasteiger partial charge in [-0.2, -0.15) is 0 Å². The van der Waals surface area contributed by atoms with Crippen molar-refractivity contribution in [2.24, 2.45) is 0 Å². The molecule has 8 heteroatoms. The number of carbonyl (C=O) groups is 3. The molecular weight excluding hydrogens is 328 g/mol. The van der Waals surface area contributed by atoms with Crippen molar-refractivity contribution in [2.75, 3.05) is 7.05 Å². The first-order valence-corrected chi connectivity index (χ1v) is 7.54. The fourth-order valence-electron chi connectivity index (χ4n) is 1.69. The standard InChI is InChI=1S/C14H13ClN2O4S/c1-7(12(18)17-14(20)16-2)21-13(19)11-10(15)8-5-3-4-6-9(8)22-11/h3-7H,1-2H3,(H2,16,17,18,20)/t7-/m0/s1. The van der Waals surface area contributed by atoms with Gasteiger partial charge in [0, 0.05) is 17.1 Å². The van der Waals surface area contributed by atoms with E-state index in [0.29, 0.717) is 5.02 Å².